The Bertz CT molecular complexity index is 717. The van der Waals surface area contributed by atoms with E-state index in [1.165, 1.54) is 6.20 Å². The zero-order valence-electron chi connectivity index (χ0n) is 12.0. The molecule has 0 spiro atoms. The lowest BCUT2D eigenvalue weighted by Crippen LogP contribution is -2.41. The van der Waals surface area contributed by atoms with E-state index in [1.807, 2.05) is 7.05 Å². The van der Waals surface area contributed by atoms with E-state index >= 15 is 0 Å². The van der Waals surface area contributed by atoms with Gasteiger partial charge in [0.15, 0.2) is 0 Å². The predicted molar refractivity (Wildman–Crippen MR) is 81.5 cm³/mol. The van der Waals surface area contributed by atoms with E-state index < -0.39 is 10.0 Å². The molecular weight excluding hydrogens is 288 g/mol. The van der Waals surface area contributed by atoms with Crippen LogP contribution in [0.3, 0.4) is 0 Å². The largest absolute Gasteiger partial charge is 0.345 e. The van der Waals surface area contributed by atoms with Crippen LogP contribution in [0.4, 0.5) is 0 Å². The second kappa shape index (κ2) is 5.75. The molecule has 0 saturated heterocycles. The first kappa shape index (κ1) is 14.5. The quantitative estimate of drug-likeness (QED) is 0.796. The Hall–Kier alpha value is -1.44. The average molecular weight is 308 g/mol. The van der Waals surface area contributed by atoms with Crippen LogP contribution in [0.25, 0.3) is 11.0 Å². The SMILES string of the molecule is CNC1CCC(NS(=O)(=O)c2c[nH]c3ncccc23)CC1. The lowest BCUT2D eigenvalue weighted by molar-refractivity contribution is 0.343. The molecule has 1 aliphatic rings. The monoisotopic (exact) mass is 308 g/mol. The van der Waals surface area contributed by atoms with Gasteiger partial charge in [-0.3, -0.25) is 0 Å². The van der Waals surface area contributed by atoms with Crippen LogP contribution >= 0.6 is 0 Å². The molecule has 3 N–H and O–H groups in total. The second-order valence-corrected chi connectivity index (χ2v) is 7.19. The number of nitrogens with one attached hydrogen (secondary N) is 3. The normalized spacial score (nSPS) is 23.5. The van der Waals surface area contributed by atoms with Gasteiger partial charge < -0.3 is 10.3 Å². The van der Waals surface area contributed by atoms with Gasteiger partial charge in [0, 0.05) is 29.9 Å². The van der Waals surface area contributed by atoms with Gasteiger partial charge in [0.1, 0.15) is 10.5 Å². The number of H-pyrrole nitrogens is 1. The third-order valence-corrected chi connectivity index (χ3v) is 5.72. The Kier molecular flexibility index (Phi) is 3.97. The van der Waals surface area contributed by atoms with Crippen molar-refractivity contribution in [3.05, 3.63) is 24.5 Å². The van der Waals surface area contributed by atoms with Gasteiger partial charge in [0.25, 0.3) is 0 Å². The first-order chi connectivity index (χ1) is 10.1. The van der Waals surface area contributed by atoms with Crippen LogP contribution < -0.4 is 10.0 Å². The van der Waals surface area contributed by atoms with Crippen molar-refractivity contribution in [2.24, 2.45) is 0 Å². The van der Waals surface area contributed by atoms with E-state index in [4.69, 9.17) is 0 Å². The molecule has 0 radical (unpaired) electrons. The maximum absolute atomic E-state index is 12.6. The summed E-state index contributed by atoms with van der Waals surface area (Å²) in [7, 11) is -1.56. The van der Waals surface area contributed by atoms with Gasteiger partial charge >= 0.3 is 0 Å². The molecule has 0 atom stereocenters. The molecule has 21 heavy (non-hydrogen) atoms. The maximum atomic E-state index is 12.6. The zero-order chi connectivity index (χ0) is 14.9. The van der Waals surface area contributed by atoms with E-state index in [0.717, 1.165) is 25.7 Å². The highest BCUT2D eigenvalue weighted by molar-refractivity contribution is 7.89. The molecular formula is C14H20N4O2S. The van der Waals surface area contributed by atoms with Crippen molar-refractivity contribution < 1.29 is 8.42 Å². The van der Waals surface area contributed by atoms with Crippen LogP contribution in [0.1, 0.15) is 25.7 Å². The highest BCUT2D eigenvalue weighted by Crippen LogP contribution is 2.24. The summed E-state index contributed by atoms with van der Waals surface area (Å²) in [6.45, 7) is 0. The van der Waals surface area contributed by atoms with E-state index in [1.54, 1.807) is 18.3 Å². The summed E-state index contributed by atoms with van der Waals surface area (Å²) in [5.74, 6) is 0. The summed E-state index contributed by atoms with van der Waals surface area (Å²) in [5, 5.41) is 3.88. The maximum Gasteiger partial charge on any atom is 0.243 e. The summed E-state index contributed by atoms with van der Waals surface area (Å²) in [4.78, 5) is 7.31. The summed E-state index contributed by atoms with van der Waals surface area (Å²) < 4.78 is 27.9. The Morgan fingerprint density at radius 2 is 1.95 bits per heavy atom. The molecule has 2 aromatic rings. The highest BCUT2D eigenvalue weighted by Gasteiger charge is 2.26. The van der Waals surface area contributed by atoms with Crippen LogP contribution in [0, 0.1) is 0 Å². The van der Waals surface area contributed by atoms with Crippen LogP contribution in [0.2, 0.25) is 0 Å². The van der Waals surface area contributed by atoms with Crippen LogP contribution in [0.5, 0.6) is 0 Å². The number of hydrogen-bond donors (Lipinski definition) is 3. The Morgan fingerprint density at radius 1 is 1.24 bits per heavy atom. The van der Waals surface area contributed by atoms with E-state index in [0.29, 0.717) is 17.1 Å². The second-order valence-electron chi connectivity index (χ2n) is 5.51. The molecule has 114 valence electrons. The fraction of sp³-hybridized carbons (Fsp3) is 0.500. The molecule has 0 aromatic carbocycles. The topological polar surface area (TPSA) is 86.9 Å². The minimum Gasteiger partial charge on any atom is -0.345 e. The Labute approximate surface area is 124 Å². The Morgan fingerprint density at radius 3 is 2.67 bits per heavy atom. The number of aromatic nitrogens is 2. The number of hydrogen-bond acceptors (Lipinski definition) is 4. The van der Waals surface area contributed by atoms with Crippen LogP contribution in [0.15, 0.2) is 29.4 Å². The number of fused-ring (bicyclic) bond motifs is 1. The molecule has 3 rings (SSSR count). The molecule has 1 aliphatic carbocycles. The molecule has 1 saturated carbocycles. The standard InChI is InChI=1S/C14H20N4O2S/c1-15-10-4-6-11(7-5-10)18-21(19,20)13-9-17-14-12(13)3-2-8-16-14/h2-3,8-11,15,18H,4-7H2,1H3,(H,16,17). The lowest BCUT2D eigenvalue weighted by Gasteiger charge is -2.28. The summed E-state index contributed by atoms with van der Waals surface area (Å²) >= 11 is 0. The predicted octanol–water partition coefficient (Wildman–Crippen LogP) is 1.37. The van der Waals surface area contributed by atoms with Crippen LogP contribution in [-0.2, 0) is 10.0 Å². The fourth-order valence-corrected chi connectivity index (χ4v) is 4.41. The first-order valence-corrected chi connectivity index (χ1v) is 8.70. The number of pyridine rings is 1. The minimum atomic E-state index is -3.51. The summed E-state index contributed by atoms with van der Waals surface area (Å²) in [5.41, 5.74) is 0.594. The van der Waals surface area contributed by atoms with E-state index in [2.05, 4.69) is 20.0 Å². The van der Waals surface area contributed by atoms with Gasteiger partial charge in [0.05, 0.1) is 0 Å². The first-order valence-electron chi connectivity index (χ1n) is 7.22. The molecule has 0 bridgehead atoms. The lowest BCUT2D eigenvalue weighted by atomic mass is 9.92. The molecule has 2 heterocycles. The Balaban J connectivity index is 1.78. The van der Waals surface area contributed by atoms with Crippen molar-refractivity contribution in [2.45, 2.75) is 42.7 Å². The zero-order valence-corrected chi connectivity index (χ0v) is 12.8. The number of nitrogens with zero attached hydrogens (tertiary/aromatic N) is 1. The van der Waals surface area contributed by atoms with Crippen molar-refractivity contribution in [3.8, 4) is 0 Å². The summed E-state index contributed by atoms with van der Waals surface area (Å²) in [6, 6.07) is 4.03. The smallest absolute Gasteiger partial charge is 0.243 e. The molecule has 2 aromatic heterocycles. The van der Waals surface area contributed by atoms with Crippen molar-refractivity contribution in [2.75, 3.05) is 7.05 Å². The summed E-state index contributed by atoms with van der Waals surface area (Å²) in [6.07, 6.45) is 6.88. The molecule has 0 unspecified atom stereocenters. The molecule has 6 nitrogen and oxygen atoms in total. The number of rotatable bonds is 4. The van der Waals surface area contributed by atoms with Crippen molar-refractivity contribution in [3.63, 3.8) is 0 Å². The van der Waals surface area contributed by atoms with Gasteiger partial charge in [-0.1, -0.05) is 0 Å². The fourth-order valence-electron chi connectivity index (χ4n) is 2.94. The van der Waals surface area contributed by atoms with Gasteiger partial charge in [-0.25, -0.2) is 18.1 Å². The number of aromatic amines is 1. The van der Waals surface area contributed by atoms with Crippen molar-refractivity contribution >= 4 is 21.1 Å². The molecule has 1 fully saturated rings. The van der Waals surface area contributed by atoms with Gasteiger partial charge in [-0.05, 0) is 44.9 Å². The molecule has 0 amide bonds. The molecule has 0 aliphatic heterocycles. The van der Waals surface area contributed by atoms with Crippen molar-refractivity contribution in [1.82, 2.24) is 20.0 Å². The average Bonchev–Trinajstić information content (AvgIpc) is 2.92. The third kappa shape index (κ3) is 2.95. The number of sulfonamides is 1. The van der Waals surface area contributed by atoms with Gasteiger partial charge in [-0.2, -0.15) is 0 Å². The highest BCUT2D eigenvalue weighted by atomic mass is 32.2. The molecule has 7 heteroatoms. The van der Waals surface area contributed by atoms with Crippen LogP contribution in [-0.4, -0.2) is 37.5 Å². The van der Waals surface area contributed by atoms with E-state index in [9.17, 15) is 8.42 Å². The van der Waals surface area contributed by atoms with Gasteiger partial charge in [0.2, 0.25) is 10.0 Å². The minimum absolute atomic E-state index is 0.0150. The third-order valence-electron chi connectivity index (χ3n) is 4.16. The van der Waals surface area contributed by atoms with E-state index in [-0.39, 0.29) is 10.9 Å². The van der Waals surface area contributed by atoms with Crippen molar-refractivity contribution in [1.29, 1.82) is 0 Å². The van der Waals surface area contributed by atoms with Gasteiger partial charge in [-0.15, -0.1) is 0 Å².